The molecule has 0 aromatic carbocycles. The molecule has 0 aliphatic rings. The highest BCUT2D eigenvalue weighted by Gasteiger charge is 2.13. The normalized spacial score (nSPS) is 12.3. The SMILES string of the molecule is CC(C)Cn1cnc(S(=O)(=O)Cl)c1. The highest BCUT2D eigenvalue weighted by atomic mass is 35.7. The molecule has 0 bridgehead atoms. The van der Waals surface area contributed by atoms with Gasteiger partial charge in [-0.05, 0) is 5.92 Å². The Labute approximate surface area is 82.0 Å². The van der Waals surface area contributed by atoms with Crippen LogP contribution in [0, 0.1) is 5.92 Å². The minimum Gasteiger partial charge on any atom is -0.336 e. The van der Waals surface area contributed by atoms with Crippen LogP contribution < -0.4 is 0 Å². The lowest BCUT2D eigenvalue weighted by Gasteiger charge is -2.03. The van der Waals surface area contributed by atoms with E-state index in [9.17, 15) is 8.42 Å². The van der Waals surface area contributed by atoms with Crippen molar-refractivity contribution in [1.82, 2.24) is 9.55 Å². The van der Waals surface area contributed by atoms with Gasteiger partial charge in [0.05, 0.1) is 6.33 Å². The summed E-state index contributed by atoms with van der Waals surface area (Å²) in [4.78, 5) is 3.68. The average Bonchev–Trinajstić information content (AvgIpc) is 2.32. The lowest BCUT2D eigenvalue weighted by molar-refractivity contribution is 0.522. The molecule has 0 atom stereocenters. The van der Waals surface area contributed by atoms with Crippen LogP contribution in [0.3, 0.4) is 0 Å². The molecule has 0 saturated heterocycles. The van der Waals surface area contributed by atoms with E-state index in [0.29, 0.717) is 5.92 Å². The fourth-order valence-corrected chi connectivity index (χ4v) is 1.66. The summed E-state index contributed by atoms with van der Waals surface area (Å²) in [5, 5.41) is -0.0881. The first kappa shape index (κ1) is 10.5. The van der Waals surface area contributed by atoms with Crippen molar-refractivity contribution in [2.45, 2.75) is 25.4 Å². The Kier molecular flexibility index (Phi) is 2.98. The van der Waals surface area contributed by atoms with E-state index < -0.39 is 9.05 Å². The molecule has 1 aromatic rings. The molecule has 4 nitrogen and oxygen atoms in total. The molecular weight excluding hydrogens is 212 g/mol. The van der Waals surface area contributed by atoms with Gasteiger partial charge in [0.1, 0.15) is 0 Å². The van der Waals surface area contributed by atoms with Gasteiger partial charge in [-0.3, -0.25) is 0 Å². The van der Waals surface area contributed by atoms with Crippen molar-refractivity contribution in [3.8, 4) is 0 Å². The van der Waals surface area contributed by atoms with Crippen molar-refractivity contribution >= 4 is 19.7 Å². The second-order valence-corrected chi connectivity index (χ2v) is 5.75. The molecule has 1 heterocycles. The van der Waals surface area contributed by atoms with E-state index in [1.165, 1.54) is 12.5 Å². The van der Waals surface area contributed by atoms with Crippen LogP contribution in [0.25, 0.3) is 0 Å². The zero-order valence-electron chi connectivity index (χ0n) is 7.44. The number of nitrogens with zero attached hydrogens (tertiary/aromatic N) is 2. The summed E-state index contributed by atoms with van der Waals surface area (Å²) in [5.74, 6) is 0.445. The predicted octanol–water partition coefficient (Wildman–Crippen LogP) is 1.47. The third-order valence-corrected chi connectivity index (χ3v) is 2.62. The number of imidazole rings is 1. The van der Waals surface area contributed by atoms with E-state index in [1.807, 2.05) is 13.8 Å². The van der Waals surface area contributed by atoms with Gasteiger partial charge in [-0.2, -0.15) is 0 Å². The number of halogens is 1. The van der Waals surface area contributed by atoms with Crippen LogP contribution in [-0.2, 0) is 15.6 Å². The number of rotatable bonds is 3. The van der Waals surface area contributed by atoms with Gasteiger partial charge in [0.25, 0.3) is 9.05 Å². The minimum absolute atomic E-state index is 0.0881. The average molecular weight is 223 g/mol. The molecule has 0 amide bonds. The Balaban J connectivity index is 2.88. The molecule has 0 spiro atoms. The second kappa shape index (κ2) is 3.67. The van der Waals surface area contributed by atoms with Gasteiger partial charge in [0, 0.05) is 23.4 Å². The first-order valence-electron chi connectivity index (χ1n) is 3.86. The summed E-state index contributed by atoms with van der Waals surface area (Å²) in [5.41, 5.74) is 0. The molecule has 0 aliphatic heterocycles. The lowest BCUT2D eigenvalue weighted by atomic mass is 10.2. The molecule has 0 N–H and O–H groups in total. The van der Waals surface area contributed by atoms with Crippen molar-refractivity contribution in [2.75, 3.05) is 0 Å². The summed E-state index contributed by atoms with van der Waals surface area (Å²) in [6.07, 6.45) is 2.90. The zero-order valence-corrected chi connectivity index (χ0v) is 9.01. The molecule has 0 unspecified atom stereocenters. The van der Waals surface area contributed by atoms with Crippen molar-refractivity contribution < 1.29 is 8.42 Å². The van der Waals surface area contributed by atoms with Crippen molar-refractivity contribution in [3.63, 3.8) is 0 Å². The van der Waals surface area contributed by atoms with E-state index in [-0.39, 0.29) is 5.03 Å². The maximum atomic E-state index is 10.8. The van der Waals surface area contributed by atoms with E-state index in [2.05, 4.69) is 4.98 Å². The Morgan fingerprint density at radius 1 is 1.62 bits per heavy atom. The third kappa shape index (κ3) is 3.00. The maximum absolute atomic E-state index is 10.8. The molecule has 74 valence electrons. The zero-order chi connectivity index (χ0) is 10.1. The molecule has 0 aliphatic carbocycles. The van der Waals surface area contributed by atoms with Gasteiger partial charge in [0.15, 0.2) is 5.03 Å². The van der Waals surface area contributed by atoms with Gasteiger partial charge < -0.3 is 4.57 Å². The molecule has 0 saturated carbocycles. The Morgan fingerprint density at radius 2 is 2.23 bits per heavy atom. The molecule has 0 radical (unpaired) electrons. The van der Waals surface area contributed by atoms with Crippen LogP contribution in [0.5, 0.6) is 0 Å². The number of aromatic nitrogens is 2. The van der Waals surface area contributed by atoms with Gasteiger partial charge in [0.2, 0.25) is 0 Å². The van der Waals surface area contributed by atoms with Crippen LogP contribution in [0.4, 0.5) is 0 Å². The summed E-state index contributed by atoms with van der Waals surface area (Å²) in [6, 6.07) is 0. The summed E-state index contributed by atoms with van der Waals surface area (Å²) in [7, 11) is 1.43. The Bertz CT molecular complexity index is 383. The lowest BCUT2D eigenvalue weighted by Crippen LogP contribution is -2.01. The Hall–Kier alpha value is -0.550. The largest absolute Gasteiger partial charge is 0.336 e. The highest BCUT2D eigenvalue weighted by Crippen LogP contribution is 2.12. The Morgan fingerprint density at radius 3 is 2.62 bits per heavy atom. The van der Waals surface area contributed by atoms with Crippen molar-refractivity contribution in [2.24, 2.45) is 5.92 Å². The molecule has 1 aromatic heterocycles. The fourth-order valence-electron chi connectivity index (χ4n) is 0.987. The molecule has 1 rings (SSSR count). The summed E-state index contributed by atoms with van der Waals surface area (Å²) in [6.45, 7) is 4.81. The summed E-state index contributed by atoms with van der Waals surface area (Å²) < 4.78 is 23.4. The standard InChI is InChI=1S/C7H11ClN2O2S/c1-6(2)3-10-4-7(9-5-10)13(8,11)12/h4-6H,3H2,1-2H3. The van der Waals surface area contributed by atoms with Crippen LogP contribution in [0.15, 0.2) is 17.6 Å². The van der Waals surface area contributed by atoms with E-state index in [0.717, 1.165) is 6.54 Å². The molecule has 6 heteroatoms. The molecular formula is C7H11ClN2O2S. The third-order valence-electron chi connectivity index (χ3n) is 1.44. The van der Waals surface area contributed by atoms with E-state index in [4.69, 9.17) is 10.7 Å². The fraction of sp³-hybridized carbons (Fsp3) is 0.571. The monoisotopic (exact) mass is 222 g/mol. The predicted molar refractivity (Wildman–Crippen MR) is 50.1 cm³/mol. The number of hydrogen-bond donors (Lipinski definition) is 0. The quantitative estimate of drug-likeness (QED) is 0.728. The van der Waals surface area contributed by atoms with Crippen LogP contribution in [0.2, 0.25) is 0 Å². The minimum atomic E-state index is -3.68. The summed E-state index contributed by atoms with van der Waals surface area (Å²) >= 11 is 0. The first-order chi connectivity index (χ1) is 5.89. The first-order valence-corrected chi connectivity index (χ1v) is 6.17. The van der Waals surface area contributed by atoms with Crippen molar-refractivity contribution in [3.05, 3.63) is 12.5 Å². The van der Waals surface area contributed by atoms with Gasteiger partial charge in [-0.25, -0.2) is 13.4 Å². The molecule has 13 heavy (non-hydrogen) atoms. The van der Waals surface area contributed by atoms with Gasteiger partial charge in [-0.1, -0.05) is 13.8 Å². The van der Waals surface area contributed by atoms with E-state index in [1.54, 1.807) is 4.57 Å². The van der Waals surface area contributed by atoms with Crippen molar-refractivity contribution in [1.29, 1.82) is 0 Å². The van der Waals surface area contributed by atoms with Gasteiger partial charge >= 0.3 is 0 Å². The van der Waals surface area contributed by atoms with Crippen LogP contribution >= 0.6 is 10.7 Å². The second-order valence-electron chi connectivity index (χ2n) is 3.24. The smallest absolute Gasteiger partial charge is 0.280 e. The molecule has 0 fully saturated rings. The van der Waals surface area contributed by atoms with Crippen LogP contribution in [-0.4, -0.2) is 18.0 Å². The highest BCUT2D eigenvalue weighted by molar-refractivity contribution is 8.13. The van der Waals surface area contributed by atoms with E-state index >= 15 is 0 Å². The maximum Gasteiger partial charge on any atom is 0.280 e. The topological polar surface area (TPSA) is 52.0 Å². The number of hydrogen-bond acceptors (Lipinski definition) is 3. The van der Waals surface area contributed by atoms with Crippen LogP contribution in [0.1, 0.15) is 13.8 Å². The van der Waals surface area contributed by atoms with Gasteiger partial charge in [-0.15, -0.1) is 0 Å².